The Kier molecular flexibility index (Phi) is 3.94. The second kappa shape index (κ2) is 5.64. The van der Waals surface area contributed by atoms with E-state index in [4.69, 9.17) is 0 Å². The highest BCUT2D eigenvalue weighted by molar-refractivity contribution is 5.92. The van der Waals surface area contributed by atoms with Crippen molar-refractivity contribution < 1.29 is 9.59 Å². The number of hydrogen-bond donors (Lipinski definition) is 2. The smallest absolute Gasteiger partial charge is 0.271 e. The first-order valence-corrected chi connectivity index (χ1v) is 6.14. The molecule has 2 amide bonds. The predicted molar refractivity (Wildman–Crippen MR) is 69.7 cm³/mol. The average Bonchev–Trinajstić information content (AvgIpc) is 2.43. The van der Waals surface area contributed by atoms with Gasteiger partial charge in [-0.2, -0.15) is 0 Å². The molecule has 0 spiro atoms. The van der Waals surface area contributed by atoms with Crippen LogP contribution in [-0.4, -0.2) is 53.4 Å². The Morgan fingerprint density at radius 2 is 2.21 bits per heavy atom. The van der Waals surface area contributed by atoms with Crippen LogP contribution in [0.5, 0.6) is 0 Å². The van der Waals surface area contributed by atoms with Crippen LogP contribution >= 0.6 is 0 Å². The highest BCUT2D eigenvalue weighted by atomic mass is 16.2. The zero-order valence-corrected chi connectivity index (χ0v) is 11.0. The summed E-state index contributed by atoms with van der Waals surface area (Å²) in [6.07, 6.45) is 4.06. The summed E-state index contributed by atoms with van der Waals surface area (Å²) in [6.45, 7) is 0.534. The molecule has 0 aliphatic carbocycles. The number of hydrogen-bond acceptors (Lipinski definition) is 5. The first-order chi connectivity index (χ1) is 9.10. The lowest BCUT2D eigenvalue weighted by molar-refractivity contribution is -0.132. The SMILES string of the molecule is CNc1cnc(C(=O)NC2CCC(=O)N(C)C2)cn1. The molecule has 7 heteroatoms. The van der Waals surface area contributed by atoms with E-state index in [2.05, 4.69) is 20.6 Å². The van der Waals surface area contributed by atoms with Crippen LogP contribution in [0.25, 0.3) is 0 Å². The Morgan fingerprint density at radius 1 is 1.42 bits per heavy atom. The molecule has 0 radical (unpaired) electrons. The van der Waals surface area contributed by atoms with Gasteiger partial charge in [-0.3, -0.25) is 9.59 Å². The van der Waals surface area contributed by atoms with Crippen LogP contribution in [0.2, 0.25) is 0 Å². The largest absolute Gasteiger partial charge is 0.372 e. The minimum Gasteiger partial charge on any atom is -0.372 e. The fourth-order valence-corrected chi connectivity index (χ4v) is 1.96. The van der Waals surface area contributed by atoms with Gasteiger partial charge >= 0.3 is 0 Å². The topological polar surface area (TPSA) is 87.2 Å². The summed E-state index contributed by atoms with van der Waals surface area (Å²) in [6, 6.07) is -0.0269. The highest BCUT2D eigenvalue weighted by Gasteiger charge is 2.24. The molecule has 1 unspecified atom stereocenters. The lowest BCUT2D eigenvalue weighted by Gasteiger charge is -2.29. The lowest BCUT2D eigenvalue weighted by atomic mass is 10.1. The van der Waals surface area contributed by atoms with Gasteiger partial charge in [0, 0.05) is 33.1 Å². The quantitative estimate of drug-likeness (QED) is 0.793. The Bertz CT molecular complexity index is 474. The molecule has 1 aliphatic heterocycles. The van der Waals surface area contributed by atoms with E-state index in [0.717, 1.165) is 0 Å². The summed E-state index contributed by atoms with van der Waals surface area (Å²) >= 11 is 0. The van der Waals surface area contributed by atoms with E-state index in [9.17, 15) is 9.59 Å². The molecule has 1 saturated heterocycles. The van der Waals surface area contributed by atoms with Crippen LogP contribution in [0.1, 0.15) is 23.3 Å². The normalized spacial score (nSPS) is 19.2. The summed E-state index contributed by atoms with van der Waals surface area (Å²) in [5.74, 6) is 0.464. The lowest BCUT2D eigenvalue weighted by Crippen LogP contribution is -2.48. The van der Waals surface area contributed by atoms with E-state index in [1.54, 1.807) is 19.0 Å². The molecule has 7 nitrogen and oxygen atoms in total. The standard InChI is InChI=1S/C12H17N5O2/c1-13-10-6-14-9(5-15-10)12(19)16-8-3-4-11(18)17(2)7-8/h5-6,8H,3-4,7H2,1-2H3,(H,13,15)(H,16,19). The molecule has 1 fully saturated rings. The number of anilines is 1. The molecule has 1 aliphatic rings. The molecule has 1 aromatic heterocycles. The van der Waals surface area contributed by atoms with Crippen molar-refractivity contribution in [2.75, 3.05) is 26.0 Å². The summed E-state index contributed by atoms with van der Waals surface area (Å²) in [5.41, 5.74) is 0.276. The van der Waals surface area contributed by atoms with Gasteiger partial charge < -0.3 is 15.5 Å². The van der Waals surface area contributed by atoms with Crippen molar-refractivity contribution in [3.05, 3.63) is 18.1 Å². The van der Waals surface area contributed by atoms with Crippen LogP contribution in [0.4, 0.5) is 5.82 Å². The first-order valence-electron chi connectivity index (χ1n) is 6.14. The number of rotatable bonds is 3. The van der Waals surface area contributed by atoms with E-state index in [-0.39, 0.29) is 23.6 Å². The van der Waals surface area contributed by atoms with Gasteiger partial charge in [-0.1, -0.05) is 0 Å². The van der Waals surface area contributed by atoms with Crippen molar-refractivity contribution in [2.45, 2.75) is 18.9 Å². The fraction of sp³-hybridized carbons (Fsp3) is 0.500. The van der Waals surface area contributed by atoms with Crippen LogP contribution in [-0.2, 0) is 4.79 Å². The van der Waals surface area contributed by atoms with Crippen LogP contribution in [0.3, 0.4) is 0 Å². The van der Waals surface area contributed by atoms with Gasteiger partial charge in [0.1, 0.15) is 11.5 Å². The molecule has 2 N–H and O–H groups in total. The molecule has 1 atom stereocenters. The monoisotopic (exact) mass is 263 g/mol. The summed E-state index contributed by atoms with van der Waals surface area (Å²) in [4.78, 5) is 33.0. The fourth-order valence-electron chi connectivity index (χ4n) is 1.96. The van der Waals surface area contributed by atoms with Crippen molar-refractivity contribution in [3.8, 4) is 0 Å². The first kappa shape index (κ1) is 13.3. The molecular weight excluding hydrogens is 246 g/mol. The second-order valence-corrected chi connectivity index (χ2v) is 4.52. The Balaban J connectivity index is 1.95. The van der Waals surface area contributed by atoms with Crippen molar-refractivity contribution in [1.29, 1.82) is 0 Å². The van der Waals surface area contributed by atoms with Crippen molar-refractivity contribution in [1.82, 2.24) is 20.2 Å². The number of aromatic nitrogens is 2. The minimum absolute atomic E-state index is 0.0269. The summed E-state index contributed by atoms with van der Waals surface area (Å²) in [5, 5.41) is 5.70. The number of amides is 2. The van der Waals surface area contributed by atoms with Gasteiger partial charge in [0.15, 0.2) is 0 Å². The van der Waals surface area contributed by atoms with Crippen molar-refractivity contribution in [3.63, 3.8) is 0 Å². The molecule has 102 valence electrons. The molecule has 0 aromatic carbocycles. The minimum atomic E-state index is -0.261. The van der Waals surface area contributed by atoms with Crippen LogP contribution < -0.4 is 10.6 Å². The number of piperidine rings is 1. The molecule has 2 rings (SSSR count). The molecule has 0 saturated carbocycles. The van der Waals surface area contributed by atoms with E-state index in [1.165, 1.54) is 12.4 Å². The maximum absolute atomic E-state index is 12.0. The number of likely N-dealkylation sites (N-methyl/N-ethyl adjacent to an activating group) is 1. The van der Waals surface area contributed by atoms with Crippen LogP contribution in [0.15, 0.2) is 12.4 Å². The third-order valence-electron chi connectivity index (χ3n) is 3.10. The number of nitrogens with zero attached hydrogens (tertiary/aromatic N) is 3. The third-order valence-corrected chi connectivity index (χ3v) is 3.10. The van der Waals surface area contributed by atoms with Gasteiger partial charge in [-0.15, -0.1) is 0 Å². The number of carbonyl (C=O) groups excluding carboxylic acids is 2. The van der Waals surface area contributed by atoms with Crippen molar-refractivity contribution in [2.24, 2.45) is 0 Å². The Hall–Kier alpha value is -2.18. The molecule has 19 heavy (non-hydrogen) atoms. The maximum Gasteiger partial charge on any atom is 0.271 e. The van der Waals surface area contributed by atoms with E-state index in [0.29, 0.717) is 25.2 Å². The highest BCUT2D eigenvalue weighted by Crippen LogP contribution is 2.10. The Morgan fingerprint density at radius 3 is 2.79 bits per heavy atom. The van der Waals surface area contributed by atoms with E-state index < -0.39 is 0 Å². The van der Waals surface area contributed by atoms with Gasteiger partial charge in [0.25, 0.3) is 5.91 Å². The third kappa shape index (κ3) is 3.18. The maximum atomic E-state index is 12.0. The Labute approximate surface area is 111 Å². The number of likely N-dealkylation sites (tertiary alicyclic amines) is 1. The average molecular weight is 263 g/mol. The molecular formula is C12H17N5O2. The molecule has 0 bridgehead atoms. The van der Waals surface area contributed by atoms with Crippen molar-refractivity contribution >= 4 is 17.6 Å². The van der Waals surface area contributed by atoms with E-state index in [1.807, 2.05) is 0 Å². The number of nitrogens with one attached hydrogen (secondary N) is 2. The second-order valence-electron chi connectivity index (χ2n) is 4.52. The van der Waals surface area contributed by atoms with Crippen LogP contribution in [0, 0.1) is 0 Å². The molecule has 1 aromatic rings. The van der Waals surface area contributed by atoms with Gasteiger partial charge in [-0.05, 0) is 6.42 Å². The van der Waals surface area contributed by atoms with E-state index >= 15 is 0 Å². The zero-order valence-electron chi connectivity index (χ0n) is 11.0. The summed E-state index contributed by atoms with van der Waals surface area (Å²) < 4.78 is 0. The van der Waals surface area contributed by atoms with Gasteiger partial charge in [-0.25, -0.2) is 9.97 Å². The van der Waals surface area contributed by atoms with Gasteiger partial charge in [0.05, 0.1) is 12.4 Å². The zero-order chi connectivity index (χ0) is 13.8. The predicted octanol–water partition coefficient (Wildman–Crippen LogP) is -0.131. The summed E-state index contributed by atoms with van der Waals surface area (Å²) in [7, 11) is 3.47. The number of carbonyl (C=O) groups is 2. The van der Waals surface area contributed by atoms with Gasteiger partial charge in [0.2, 0.25) is 5.91 Å². The molecule has 2 heterocycles.